The van der Waals surface area contributed by atoms with Crippen molar-refractivity contribution in [2.45, 2.75) is 39.5 Å². The number of benzene rings is 2. The highest BCUT2D eigenvalue weighted by Gasteiger charge is 2.20. The Morgan fingerprint density at radius 2 is 1.81 bits per heavy atom. The van der Waals surface area contributed by atoms with Gasteiger partial charge in [0.25, 0.3) is 11.6 Å². The zero-order chi connectivity index (χ0) is 19.3. The van der Waals surface area contributed by atoms with Gasteiger partial charge in [-0.2, -0.15) is 0 Å². The van der Waals surface area contributed by atoms with E-state index in [-0.39, 0.29) is 23.7 Å². The monoisotopic (exact) mass is 356 g/mol. The van der Waals surface area contributed by atoms with Gasteiger partial charge in [-0.25, -0.2) is 0 Å². The van der Waals surface area contributed by atoms with Crippen LogP contribution in [-0.2, 0) is 11.3 Å². The van der Waals surface area contributed by atoms with Crippen LogP contribution in [0.3, 0.4) is 0 Å². The van der Waals surface area contributed by atoms with E-state index in [0.29, 0.717) is 12.2 Å². The number of non-ortho nitro benzene ring substituents is 1. The largest absolute Gasteiger partial charge is 0.374 e. The van der Waals surface area contributed by atoms with Crippen molar-refractivity contribution >= 4 is 11.6 Å². The van der Waals surface area contributed by atoms with E-state index in [4.69, 9.17) is 4.74 Å². The number of nitro benzene ring substituents is 1. The molecule has 0 unspecified atom stereocenters. The van der Waals surface area contributed by atoms with E-state index in [9.17, 15) is 14.9 Å². The predicted molar refractivity (Wildman–Crippen MR) is 100.0 cm³/mol. The smallest absolute Gasteiger partial charge is 0.269 e. The zero-order valence-electron chi connectivity index (χ0n) is 15.5. The Bertz CT molecular complexity index is 772. The molecule has 0 saturated heterocycles. The highest BCUT2D eigenvalue weighted by atomic mass is 16.6. The van der Waals surface area contributed by atoms with Crippen molar-refractivity contribution in [3.05, 3.63) is 75.3 Å². The maximum Gasteiger partial charge on any atom is 0.269 e. The van der Waals surface area contributed by atoms with Gasteiger partial charge in [-0.15, -0.1) is 0 Å². The van der Waals surface area contributed by atoms with Crippen molar-refractivity contribution in [3.8, 4) is 0 Å². The molecule has 0 radical (unpaired) electrons. The predicted octanol–water partition coefficient (Wildman–Crippen LogP) is 4.35. The van der Waals surface area contributed by atoms with Gasteiger partial charge in [0.15, 0.2) is 0 Å². The lowest BCUT2D eigenvalue weighted by Gasteiger charge is -2.25. The summed E-state index contributed by atoms with van der Waals surface area (Å²) in [5.74, 6) is -0.139. The summed E-state index contributed by atoms with van der Waals surface area (Å²) in [6.07, 6.45) is 0.151. The molecule has 0 aliphatic carbocycles. The Morgan fingerprint density at radius 3 is 2.38 bits per heavy atom. The molecular formula is C20H24N2O4. The Hall–Kier alpha value is -2.73. The number of hydrogen-bond donors (Lipinski definition) is 0. The molecule has 0 fully saturated rings. The van der Waals surface area contributed by atoms with Crippen molar-refractivity contribution in [1.82, 2.24) is 4.90 Å². The van der Waals surface area contributed by atoms with Crippen LogP contribution in [0.2, 0.25) is 0 Å². The molecule has 0 heterocycles. The van der Waals surface area contributed by atoms with Crippen LogP contribution < -0.4 is 0 Å². The number of ether oxygens (including phenoxy) is 1. The van der Waals surface area contributed by atoms with Crippen molar-refractivity contribution in [1.29, 1.82) is 0 Å². The second-order valence-corrected chi connectivity index (χ2v) is 6.50. The molecule has 138 valence electrons. The topological polar surface area (TPSA) is 72.7 Å². The van der Waals surface area contributed by atoms with E-state index >= 15 is 0 Å². The van der Waals surface area contributed by atoms with Crippen molar-refractivity contribution in [3.63, 3.8) is 0 Å². The van der Waals surface area contributed by atoms with Gasteiger partial charge >= 0.3 is 0 Å². The molecule has 0 bridgehead atoms. The average Bonchev–Trinajstić information content (AvgIpc) is 2.65. The van der Waals surface area contributed by atoms with Gasteiger partial charge in [0.05, 0.1) is 23.7 Å². The number of nitrogens with zero attached hydrogens (tertiary/aromatic N) is 2. The molecule has 1 atom stereocenters. The molecule has 0 aromatic heterocycles. The number of carbonyl (C=O) groups is 1. The first-order valence-corrected chi connectivity index (χ1v) is 8.51. The minimum atomic E-state index is -0.435. The second-order valence-electron chi connectivity index (χ2n) is 6.50. The van der Waals surface area contributed by atoms with E-state index < -0.39 is 4.92 Å². The summed E-state index contributed by atoms with van der Waals surface area (Å²) in [5, 5.41) is 10.9. The van der Waals surface area contributed by atoms with Gasteiger partial charge in [0.2, 0.25) is 0 Å². The van der Waals surface area contributed by atoms with E-state index in [2.05, 4.69) is 0 Å². The van der Waals surface area contributed by atoms with Crippen molar-refractivity contribution in [2.75, 3.05) is 7.05 Å². The van der Waals surface area contributed by atoms with Gasteiger partial charge < -0.3 is 9.64 Å². The number of rotatable bonds is 7. The Morgan fingerprint density at radius 1 is 1.15 bits per heavy atom. The maximum absolute atomic E-state index is 12.7. The summed E-state index contributed by atoms with van der Waals surface area (Å²) in [6, 6.07) is 13.4. The third-order valence-electron chi connectivity index (χ3n) is 4.25. The molecule has 2 aromatic carbocycles. The van der Waals surface area contributed by atoms with Crippen molar-refractivity contribution in [2.24, 2.45) is 0 Å². The lowest BCUT2D eigenvalue weighted by atomic mass is 10.0. The number of carbonyl (C=O) groups excluding carboxylic acids is 1. The van der Waals surface area contributed by atoms with Gasteiger partial charge in [-0.3, -0.25) is 14.9 Å². The molecule has 0 aliphatic heterocycles. The Balaban J connectivity index is 2.10. The molecule has 0 spiro atoms. The first-order chi connectivity index (χ1) is 12.3. The lowest BCUT2D eigenvalue weighted by Crippen LogP contribution is -2.29. The van der Waals surface area contributed by atoms with Gasteiger partial charge in [0.1, 0.15) is 0 Å². The third kappa shape index (κ3) is 4.89. The van der Waals surface area contributed by atoms with Crippen LogP contribution in [0.15, 0.2) is 48.5 Å². The lowest BCUT2D eigenvalue weighted by molar-refractivity contribution is -0.384. The standard InChI is InChI=1S/C20H24N2O4/c1-14(2)26-13-16-8-10-17(11-9-16)20(23)21(4)15(3)18-6-5-7-19(12-18)22(24)25/h5-12,14-15H,13H2,1-4H3/t15-/m0/s1. The average molecular weight is 356 g/mol. The Labute approximate surface area is 153 Å². The molecule has 0 saturated carbocycles. The number of amides is 1. The van der Waals surface area contributed by atoms with Crippen molar-refractivity contribution < 1.29 is 14.5 Å². The first-order valence-electron chi connectivity index (χ1n) is 8.51. The summed E-state index contributed by atoms with van der Waals surface area (Å²) in [5.41, 5.74) is 2.31. The molecule has 6 nitrogen and oxygen atoms in total. The van der Waals surface area contributed by atoms with Crippen LogP contribution in [0.4, 0.5) is 5.69 Å². The highest BCUT2D eigenvalue weighted by molar-refractivity contribution is 5.94. The van der Waals surface area contributed by atoms with Gasteiger partial charge in [-0.1, -0.05) is 24.3 Å². The fourth-order valence-electron chi connectivity index (χ4n) is 2.51. The summed E-state index contributed by atoms with van der Waals surface area (Å²) >= 11 is 0. The first kappa shape index (κ1) is 19.6. The van der Waals surface area contributed by atoms with Crippen LogP contribution in [0.5, 0.6) is 0 Å². The molecule has 2 aromatic rings. The summed E-state index contributed by atoms with van der Waals surface area (Å²) in [4.78, 5) is 24.8. The maximum atomic E-state index is 12.7. The molecular weight excluding hydrogens is 332 g/mol. The van der Waals surface area contributed by atoms with Crippen LogP contribution in [0.1, 0.15) is 48.3 Å². The molecule has 2 rings (SSSR count). The number of nitro groups is 1. The highest BCUT2D eigenvalue weighted by Crippen LogP contribution is 2.24. The van der Waals surface area contributed by atoms with Crippen LogP contribution in [-0.4, -0.2) is 28.9 Å². The summed E-state index contributed by atoms with van der Waals surface area (Å²) in [7, 11) is 1.70. The number of hydrogen-bond acceptors (Lipinski definition) is 4. The second kappa shape index (κ2) is 8.58. The molecule has 26 heavy (non-hydrogen) atoms. The fourth-order valence-corrected chi connectivity index (χ4v) is 2.51. The van der Waals surface area contributed by atoms with E-state index in [0.717, 1.165) is 11.1 Å². The fraction of sp³-hybridized carbons (Fsp3) is 0.350. The molecule has 0 N–H and O–H groups in total. The Kier molecular flexibility index (Phi) is 6.46. The van der Waals surface area contributed by atoms with Gasteiger partial charge in [0, 0.05) is 24.7 Å². The normalized spacial score (nSPS) is 12.0. The third-order valence-corrected chi connectivity index (χ3v) is 4.25. The zero-order valence-corrected chi connectivity index (χ0v) is 15.5. The molecule has 0 aliphatic rings. The van der Waals surface area contributed by atoms with Crippen LogP contribution in [0, 0.1) is 10.1 Å². The SMILES string of the molecule is CC(C)OCc1ccc(C(=O)N(C)[C@@H](C)c2cccc([N+](=O)[O-])c2)cc1. The van der Waals surface area contributed by atoms with Gasteiger partial charge in [-0.05, 0) is 44.0 Å². The quantitative estimate of drug-likeness (QED) is 0.546. The van der Waals surface area contributed by atoms with E-state index in [1.54, 1.807) is 36.2 Å². The minimum absolute atomic E-state index is 0.0182. The summed E-state index contributed by atoms with van der Waals surface area (Å²) < 4.78 is 5.55. The minimum Gasteiger partial charge on any atom is -0.374 e. The van der Waals surface area contributed by atoms with Crippen LogP contribution >= 0.6 is 0 Å². The van der Waals surface area contributed by atoms with E-state index in [1.807, 2.05) is 32.9 Å². The molecule has 1 amide bonds. The van der Waals surface area contributed by atoms with E-state index in [1.165, 1.54) is 12.1 Å². The summed E-state index contributed by atoms with van der Waals surface area (Å²) in [6.45, 7) is 6.30. The molecule has 6 heteroatoms. The van der Waals surface area contributed by atoms with Crippen LogP contribution in [0.25, 0.3) is 0 Å².